The van der Waals surface area contributed by atoms with Crippen LogP contribution in [-0.4, -0.2) is 22.3 Å². The Balaban J connectivity index is 1.68. The van der Waals surface area contributed by atoms with E-state index < -0.39 is 0 Å². The van der Waals surface area contributed by atoms with E-state index in [1.54, 1.807) is 11.3 Å². The first-order chi connectivity index (χ1) is 13.5. The van der Waals surface area contributed by atoms with E-state index in [1.807, 2.05) is 71.8 Å². The van der Waals surface area contributed by atoms with Gasteiger partial charge in [0.15, 0.2) is 0 Å². The number of hydrogen-bond acceptors (Lipinski definition) is 4. The number of carbonyl (C=O) groups is 1. The second-order valence-corrected chi connectivity index (χ2v) is 8.17. The number of aromatic nitrogens is 1. The quantitative estimate of drug-likeness (QED) is 0.519. The minimum atomic E-state index is 0.0573. The van der Waals surface area contributed by atoms with E-state index in [9.17, 15) is 4.79 Å². The molecule has 1 amide bonds. The molecule has 3 aromatic rings. The summed E-state index contributed by atoms with van der Waals surface area (Å²) >= 11 is 1.57. The Bertz CT molecular complexity index is 906. The van der Waals surface area contributed by atoms with Gasteiger partial charge in [-0.25, -0.2) is 4.98 Å². The molecule has 0 aliphatic heterocycles. The second-order valence-electron chi connectivity index (χ2n) is 7.23. The summed E-state index contributed by atoms with van der Waals surface area (Å²) in [7, 11) is 0. The zero-order chi connectivity index (χ0) is 19.9. The van der Waals surface area contributed by atoms with Gasteiger partial charge in [0.2, 0.25) is 0 Å². The number of carbonyl (C=O) groups excluding carboxylic acids is 1. The van der Waals surface area contributed by atoms with Crippen molar-refractivity contribution < 1.29 is 9.53 Å². The smallest absolute Gasteiger partial charge is 0.254 e. The van der Waals surface area contributed by atoms with Crippen LogP contribution in [0.15, 0.2) is 60.0 Å². The maximum atomic E-state index is 13.1. The molecule has 28 heavy (non-hydrogen) atoms. The molecule has 0 bridgehead atoms. The molecule has 0 fully saturated rings. The lowest BCUT2D eigenvalue weighted by Crippen LogP contribution is -2.34. The molecule has 146 valence electrons. The summed E-state index contributed by atoms with van der Waals surface area (Å²) in [4.78, 5) is 19.7. The van der Waals surface area contributed by atoms with Crippen molar-refractivity contribution >= 4 is 17.2 Å². The van der Waals surface area contributed by atoms with Crippen LogP contribution in [0.25, 0.3) is 0 Å². The van der Waals surface area contributed by atoms with Crippen molar-refractivity contribution in [1.82, 2.24) is 9.88 Å². The van der Waals surface area contributed by atoms with Crippen LogP contribution in [0.2, 0.25) is 0 Å². The number of ether oxygens (including phenoxy) is 1. The van der Waals surface area contributed by atoms with Crippen molar-refractivity contribution in [1.29, 1.82) is 0 Å². The van der Waals surface area contributed by atoms with E-state index in [2.05, 4.69) is 18.8 Å². The van der Waals surface area contributed by atoms with E-state index in [4.69, 9.17) is 4.74 Å². The zero-order valence-corrected chi connectivity index (χ0v) is 17.4. The lowest BCUT2D eigenvalue weighted by Gasteiger charge is -2.24. The number of aryl methyl sites for hydroxylation is 1. The number of para-hydroxylation sites is 1. The van der Waals surface area contributed by atoms with Gasteiger partial charge in [-0.15, -0.1) is 11.3 Å². The van der Waals surface area contributed by atoms with Gasteiger partial charge in [0.05, 0.1) is 12.2 Å². The van der Waals surface area contributed by atoms with E-state index >= 15 is 0 Å². The molecule has 5 heteroatoms. The van der Waals surface area contributed by atoms with Gasteiger partial charge in [0.25, 0.3) is 5.91 Å². The van der Waals surface area contributed by atoms with E-state index in [0.717, 1.165) is 27.6 Å². The third-order valence-electron chi connectivity index (χ3n) is 4.31. The molecule has 3 rings (SSSR count). The molecule has 1 heterocycles. The molecule has 0 unspecified atom stereocenters. The van der Waals surface area contributed by atoms with Crippen LogP contribution in [0.5, 0.6) is 5.75 Å². The molecule has 0 radical (unpaired) electrons. The van der Waals surface area contributed by atoms with Crippen LogP contribution in [0.4, 0.5) is 0 Å². The Kier molecular flexibility index (Phi) is 6.82. The number of nitrogens with zero attached hydrogens (tertiary/aromatic N) is 2. The predicted octanol–water partition coefficient (Wildman–Crippen LogP) is 5.33. The molecular formula is C23H26N2O2S. The van der Waals surface area contributed by atoms with E-state index in [1.165, 1.54) is 0 Å². The summed E-state index contributed by atoms with van der Waals surface area (Å²) in [6.45, 7) is 7.86. The van der Waals surface area contributed by atoms with Gasteiger partial charge >= 0.3 is 0 Å². The van der Waals surface area contributed by atoms with Crippen LogP contribution in [0.3, 0.4) is 0 Å². The van der Waals surface area contributed by atoms with Gasteiger partial charge in [0.1, 0.15) is 17.4 Å². The largest absolute Gasteiger partial charge is 0.486 e. The third kappa shape index (κ3) is 5.42. The second kappa shape index (κ2) is 9.51. The summed E-state index contributed by atoms with van der Waals surface area (Å²) in [6, 6.07) is 17.5. The van der Waals surface area contributed by atoms with Crippen LogP contribution in [0.1, 0.15) is 40.5 Å². The molecule has 0 aliphatic rings. The van der Waals surface area contributed by atoms with Gasteiger partial charge < -0.3 is 9.64 Å². The van der Waals surface area contributed by atoms with Crippen molar-refractivity contribution in [3.63, 3.8) is 0 Å². The SMILES string of the molecule is Cc1ccccc1C(=O)N(Cc1csc(COc2ccccc2)n1)CC(C)C. The molecule has 0 spiro atoms. The van der Waals surface area contributed by atoms with Crippen molar-refractivity contribution in [2.45, 2.75) is 33.9 Å². The number of benzene rings is 2. The molecule has 0 aliphatic carbocycles. The summed E-state index contributed by atoms with van der Waals surface area (Å²) in [5.74, 6) is 1.27. The summed E-state index contributed by atoms with van der Waals surface area (Å²) in [5.41, 5.74) is 2.65. The Hall–Kier alpha value is -2.66. The molecule has 0 saturated carbocycles. The molecule has 4 nitrogen and oxygen atoms in total. The fourth-order valence-corrected chi connectivity index (χ4v) is 3.68. The zero-order valence-electron chi connectivity index (χ0n) is 16.6. The standard InChI is InChI=1S/C23H26N2O2S/c1-17(2)13-25(23(26)21-12-8-7-9-18(21)3)14-19-16-28-22(24-19)15-27-20-10-5-4-6-11-20/h4-12,16-17H,13-15H2,1-3H3. The van der Waals surface area contributed by atoms with E-state index in [0.29, 0.717) is 25.6 Å². The molecule has 2 aromatic carbocycles. The van der Waals surface area contributed by atoms with Gasteiger partial charge in [-0.1, -0.05) is 50.2 Å². The summed E-state index contributed by atoms with van der Waals surface area (Å²) in [6.07, 6.45) is 0. The van der Waals surface area contributed by atoms with Crippen LogP contribution in [-0.2, 0) is 13.2 Å². The van der Waals surface area contributed by atoms with Gasteiger partial charge in [-0.2, -0.15) is 0 Å². The van der Waals surface area contributed by atoms with Gasteiger partial charge in [0, 0.05) is 17.5 Å². The van der Waals surface area contributed by atoms with Crippen molar-refractivity contribution in [3.05, 3.63) is 81.8 Å². The Morgan fingerprint density at radius 3 is 2.54 bits per heavy atom. The monoisotopic (exact) mass is 394 g/mol. The Morgan fingerprint density at radius 1 is 1.11 bits per heavy atom. The maximum absolute atomic E-state index is 13.1. The fourth-order valence-electron chi connectivity index (χ4n) is 2.99. The molecule has 0 saturated heterocycles. The average Bonchev–Trinajstić information content (AvgIpc) is 3.14. The maximum Gasteiger partial charge on any atom is 0.254 e. The van der Waals surface area contributed by atoms with Gasteiger partial charge in [-0.05, 0) is 36.6 Å². The first-order valence-corrected chi connectivity index (χ1v) is 10.4. The third-order valence-corrected chi connectivity index (χ3v) is 5.18. The number of hydrogen-bond donors (Lipinski definition) is 0. The summed E-state index contributed by atoms with van der Waals surface area (Å²) < 4.78 is 5.77. The first kappa shape index (κ1) is 20.1. The van der Waals surface area contributed by atoms with Crippen molar-refractivity contribution in [2.75, 3.05) is 6.54 Å². The first-order valence-electron chi connectivity index (χ1n) is 9.49. The molecule has 0 N–H and O–H groups in total. The highest BCUT2D eigenvalue weighted by Crippen LogP contribution is 2.18. The molecule has 0 atom stereocenters. The van der Waals surface area contributed by atoms with Crippen LogP contribution >= 0.6 is 11.3 Å². The lowest BCUT2D eigenvalue weighted by molar-refractivity contribution is 0.0720. The highest BCUT2D eigenvalue weighted by molar-refractivity contribution is 7.09. The minimum Gasteiger partial charge on any atom is -0.486 e. The highest BCUT2D eigenvalue weighted by Gasteiger charge is 2.20. The van der Waals surface area contributed by atoms with Crippen LogP contribution < -0.4 is 4.74 Å². The highest BCUT2D eigenvalue weighted by atomic mass is 32.1. The normalized spacial score (nSPS) is 10.9. The summed E-state index contributed by atoms with van der Waals surface area (Å²) in [5, 5.41) is 2.92. The molecular weight excluding hydrogens is 368 g/mol. The topological polar surface area (TPSA) is 42.4 Å². The predicted molar refractivity (Wildman–Crippen MR) is 114 cm³/mol. The molecule has 1 aromatic heterocycles. The van der Waals surface area contributed by atoms with Gasteiger partial charge in [-0.3, -0.25) is 4.79 Å². The van der Waals surface area contributed by atoms with Crippen molar-refractivity contribution in [3.8, 4) is 5.75 Å². The number of rotatable bonds is 8. The van der Waals surface area contributed by atoms with Crippen molar-refractivity contribution in [2.24, 2.45) is 5.92 Å². The lowest BCUT2D eigenvalue weighted by atomic mass is 10.1. The number of amides is 1. The Labute approximate surface area is 170 Å². The number of thiazole rings is 1. The van der Waals surface area contributed by atoms with Crippen LogP contribution in [0, 0.1) is 12.8 Å². The minimum absolute atomic E-state index is 0.0573. The average molecular weight is 395 g/mol. The Morgan fingerprint density at radius 2 is 1.82 bits per heavy atom. The van der Waals surface area contributed by atoms with E-state index in [-0.39, 0.29) is 5.91 Å². The fraction of sp³-hybridized carbons (Fsp3) is 0.304.